The quantitative estimate of drug-likeness (QED) is 0.768. The van der Waals surface area contributed by atoms with Crippen LogP contribution in [0.1, 0.15) is 31.5 Å². The van der Waals surface area contributed by atoms with Crippen molar-refractivity contribution in [3.05, 3.63) is 11.3 Å². The number of aromatic nitrogens is 2. The first-order valence-corrected chi connectivity index (χ1v) is 5.78. The molecule has 98 valence electrons. The van der Waals surface area contributed by atoms with Crippen LogP contribution < -0.4 is 5.73 Å². The van der Waals surface area contributed by atoms with Crippen LogP contribution in [-0.4, -0.2) is 16.0 Å². The van der Waals surface area contributed by atoms with E-state index in [0.717, 1.165) is 0 Å². The minimum Gasteiger partial charge on any atom is -0.382 e. The Morgan fingerprint density at radius 2 is 1.94 bits per heavy atom. The molecule has 0 amide bonds. The molecule has 1 atom stereocenters. The van der Waals surface area contributed by atoms with Gasteiger partial charge in [0, 0.05) is 24.2 Å². The van der Waals surface area contributed by atoms with Crippen molar-refractivity contribution in [3.8, 4) is 0 Å². The summed E-state index contributed by atoms with van der Waals surface area (Å²) in [6.07, 6.45) is -4.02. The molecule has 1 aliphatic rings. The first-order valence-electron chi connectivity index (χ1n) is 5.78. The summed E-state index contributed by atoms with van der Waals surface area (Å²) in [4.78, 5) is 0. The molecule has 1 aliphatic heterocycles. The summed E-state index contributed by atoms with van der Waals surface area (Å²) in [5, 5.41) is 3.99. The van der Waals surface area contributed by atoms with Crippen molar-refractivity contribution in [2.24, 2.45) is 5.92 Å². The average molecular weight is 249 g/mol. The second kappa shape index (κ2) is 4.98. The van der Waals surface area contributed by atoms with Gasteiger partial charge in [-0.2, -0.15) is 18.3 Å². The van der Waals surface area contributed by atoms with Gasteiger partial charge in [-0.3, -0.25) is 4.68 Å². The third-order valence-electron chi connectivity index (χ3n) is 2.95. The Morgan fingerprint density at radius 3 is 2.47 bits per heavy atom. The third-order valence-corrected chi connectivity index (χ3v) is 2.95. The number of aryl methyl sites for hydroxylation is 1. The second-order valence-corrected chi connectivity index (χ2v) is 3.91. The highest BCUT2D eigenvalue weighted by Gasteiger charge is 2.42. The minimum absolute atomic E-state index is 0.000463. The van der Waals surface area contributed by atoms with E-state index in [4.69, 9.17) is 5.73 Å². The minimum atomic E-state index is -4.11. The molecule has 17 heavy (non-hydrogen) atoms. The number of nitrogen functional groups attached to an aromatic ring is 1. The van der Waals surface area contributed by atoms with E-state index < -0.39 is 12.1 Å². The zero-order valence-electron chi connectivity index (χ0n) is 10.3. The maximum Gasteiger partial charge on any atom is 0.392 e. The molecule has 0 spiro atoms. The van der Waals surface area contributed by atoms with Crippen molar-refractivity contribution in [2.45, 2.75) is 46.3 Å². The van der Waals surface area contributed by atoms with E-state index in [-0.39, 0.29) is 12.8 Å². The number of alkyl halides is 3. The molecule has 0 radical (unpaired) electrons. The number of rotatable bonds is 0. The van der Waals surface area contributed by atoms with Gasteiger partial charge in [0.15, 0.2) is 0 Å². The molecule has 3 nitrogen and oxygen atoms in total. The summed E-state index contributed by atoms with van der Waals surface area (Å²) < 4.78 is 39.1. The molecule has 2 N–H and O–H groups in total. The van der Waals surface area contributed by atoms with Gasteiger partial charge < -0.3 is 5.73 Å². The van der Waals surface area contributed by atoms with E-state index in [1.54, 1.807) is 11.6 Å². The SMILES string of the molecule is CC.Cc1c(N)nn2c1CC(C(F)(F)F)CC2. The highest BCUT2D eigenvalue weighted by atomic mass is 19.4. The van der Waals surface area contributed by atoms with Crippen molar-refractivity contribution in [3.63, 3.8) is 0 Å². The van der Waals surface area contributed by atoms with Gasteiger partial charge in [-0.15, -0.1) is 0 Å². The molecular formula is C11H18F3N3. The van der Waals surface area contributed by atoms with Gasteiger partial charge in [0.1, 0.15) is 5.82 Å². The van der Waals surface area contributed by atoms with Crippen LogP contribution in [0, 0.1) is 12.8 Å². The molecule has 0 fully saturated rings. The summed E-state index contributed by atoms with van der Waals surface area (Å²) in [6, 6.07) is 0. The largest absolute Gasteiger partial charge is 0.392 e. The second-order valence-electron chi connectivity index (χ2n) is 3.91. The topological polar surface area (TPSA) is 43.8 Å². The maximum absolute atomic E-state index is 12.5. The predicted octanol–water partition coefficient (Wildman–Crippen LogP) is 2.92. The highest BCUT2D eigenvalue weighted by molar-refractivity contribution is 5.42. The average Bonchev–Trinajstić information content (AvgIpc) is 2.56. The summed E-state index contributed by atoms with van der Waals surface area (Å²) >= 11 is 0. The number of nitrogens with zero attached hydrogens (tertiary/aromatic N) is 2. The van der Waals surface area contributed by atoms with Crippen LogP contribution in [0.15, 0.2) is 0 Å². The fourth-order valence-corrected chi connectivity index (χ4v) is 1.94. The van der Waals surface area contributed by atoms with Crippen molar-refractivity contribution < 1.29 is 13.2 Å². The number of anilines is 1. The van der Waals surface area contributed by atoms with E-state index in [2.05, 4.69) is 5.10 Å². The normalized spacial score (nSPS) is 19.3. The predicted molar refractivity (Wildman–Crippen MR) is 60.6 cm³/mol. The molecule has 1 aromatic heterocycles. The van der Waals surface area contributed by atoms with E-state index in [9.17, 15) is 13.2 Å². The lowest BCUT2D eigenvalue weighted by Crippen LogP contribution is -2.31. The molecule has 1 unspecified atom stereocenters. The van der Waals surface area contributed by atoms with Crippen molar-refractivity contribution in [2.75, 3.05) is 5.73 Å². The number of halogens is 3. The number of nitrogens with two attached hydrogens (primary N) is 1. The zero-order valence-corrected chi connectivity index (χ0v) is 10.3. The fraction of sp³-hybridized carbons (Fsp3) is 0.727. The molecule has 0 aliphatic carbocycles. The Balaban J connectivity index is 0.000000686. The molecule has 0 saturated heterocycles. The Bertz CT molecular complexity index is 382. The molecular weight excluding hydrogens is 231 g/mol. The van der Waals surface area contributed by atoms with Gasteiger partial charge in [-0.25, -0.2) is 0 Å². The van der Waals surface area contributed by atoms with Crippen LogP contribution in [0.4, 0.5) is 19.0 Å². The van der Waals surface area contributed by atoms with Crippen molar-refractivity contribution in [1.29, 1.82) is 0 Å². The zero-order chi connectivity index (χ0) is 13.2. The Labute approximate surface area is 98.8 Å². The lowest BCUT2D eigenvalue weighted by Gasteiger charge is -2.25. The lowest BCUT2D eigenvalue weighted by molar-refractivity contribution is -0.179. The Morgan fingerprint density at radius 1 is 1.35 bits per heavy atom. The van der Waals surface area contributed by atoms with Crippen LogP contribution in [0.2, 0.25) is 0 Å². The van der Waals surface area contributed by atoms with E-state index in [1.165, 1.54) is 0 Å². The molecule has 1 aromatic rings. The molecule has 0 bridgehead atoms. The van der Waals surface area contributed by atoms with Crippen molar-refractivity contribution in [1.82, 2.24) is 9.78 Å². The van der Waals surface area contributed by atoms with Gasteiger partial charge in [0.25, 0.3) is 0 Å². The van der Waals surface area contributed by atoms with Crippen LogP contribution in [0.3, 0.4) is 0 Å². The highest BCUT2D eigenvalue weighted by Crippen LogP contribution is 2.36. The summed E-state index contributed by atoms with van der Waals surface area (Å²) in [5.41, 5.74) is 6.87. The van der Waals surface area contributed by atoms with Gasteiger partial charge >= 0.3 is 6.18 Å². The first-order chi connectivity index (χ1) is 7.89. The molecule has 2 heterocycles. The monoisotopic (exact) mass is 249 g/mol. The lowest BCUT2D eigenvalue weighted by atomic mass is 9.94. The Kier molecular flexibility index (Phi) is 4.06. The van der Waals surface area contributed by atoms with Gasteiger partial charge in [0.2, 0.25) is 0 Å². The molecule has 0 saturated carbocycles. The maximum atomic E-state index is 12.5. The van der Waals surface area contributed by atoms with Crippen LogP contribution in [0.25, 0.3) is 0 Å². The number of hydrogen-bond acceptors (Lipinski definition) is 2. The van der Waals surface area contributed by atoms with E-state index >= 15 is 0 Å². The van der Waals surface area contributed by atoms with Gasteiger partial charge in [-0.1, -0.05) is 13.8 Å². The number of hydrogen-bond donors (Lipinski definition) is 1. The van der Waals surface area contributed by atoms with E-state index in [0.29, 0.717) is 23.6 Å². The van der Waals surface area contributed by atoms with Gasteiger partial charge in [0.05, 0.1) is 5.92 Å². The first kappa shape index (κ1) is 13.9. The standard InChI is InChI=1S/C9H12F3N3.C2H6/c1-5-7-4-6(9(10,11)12)2-3-15(7)14-8(5)13;1-2/h6H,2-4H2,1H3,(H2,13,14);1-2H3. The van der Waals surface area contributed by atoms with E-state index in [1.807, 2.05) is 13.8 Å². The number of fused-ring (bicyclic) bond motifs is 1. The molecule has 6 heteroatoms. The fourth-order valence-electron chi connectivity index (χ4n) is 1.94. The summed E-state index contributed by atoms with van der Waals surface area (Å²) in [7, 11) is 0. The van der Waals surface area contributed by atoms with Gasteiger partial charge in [-0.05, 0) is 13.3 Å². The van der Waals surface area contributed by atoms with Crippen LogP contribution in [0.5, 0.6) is 0 Å². The van der Waals surface area contributed by atoms with Crippen molar-refractivity contribution >= 4 is 5.82 Å². The Hall–Kier alpha value is -1.20. The third kappa shape index (κ3) is 2.73. The van der Waals surface area contributed by atoms with Crippen LogP contribution >= 0.6 is 0 Å². The smallest absolute Gasteiger partial charge is 0.382 e. The van der Waals surface area contributed by atoms with Crippen LogP contribution in [-0.2, 0) is 13.0 Å². The summed E-state index contributed by atoms with van der Waals surface area (Å²) in [5.74, 6) is -0.910. The summed E-state index contributed by atoms with van der Waals surface area (Å²) in [6.45, 7) is 6.02. The molecule has 0 aromatic carbocycles. The molecule has 2 rings (SSSR count).